The molecule has 0 saturated heterocycles. The molecule has 0 atom stereocenters. The first kappa shape index (κ1) is 22.6. The molecule has 0 saturated carbocycles. The van der Waals surface area contributed by atoms with Crippen LogP contribution in [0.3, 0.4) is 0 Å². The summed E-state index contributed by atoms with van der Waals surface area (Å²) in [4.78, 5) is 6.71. The van der Waals surface area contributed by atoms with Crippen LogP contribution in [0.2, 0.25) is 0 Å². The number of anilines is 2. The fraction of sp³-hybridized carbons (Fsp3) is 0.435. The van der Waals surface area contributed by atoms with Crippen molar-refractivity contribution >= 4 is 17.3 Å². The third kappa shape index (κ3) is 8.44. The van der Waals surface area contributed by atoms with Crippen LogP contribution in [0.1, 0.15) is 18.9 Å². The number of aliphatic imine (C=N–C) groups is 1. The van der Waals surface area contributed by atoms with Crippen LogP contribution in [-0.2, 0) is 11.3 Å². The predicted octanol–water partition coefficient (Wildman–Crippen LogP) is 3.33. The number of nitrogens with one attached hydrogen (secondary N) is 3. The van der Waals surface area contributed by atoms with Crippen LogP contribution >= 0.6 is 0 Å². The second-order valence-electron chi connectivity index (χ2n) is 6.74. The molecule has 0 spiro atoms. The molecule has 3 N–H and O–H groups in total. The first-order valence-electron chi connectivity index (χ1n) is 10.3. The van der Waals surface area contributed by atoms with E-state index in [0.29, 0.717) is 6.61 Å². The molecule has 0 amide bonds. The Hall–Kier alpha value is -2.73. The van der Waals surface area contributed by atoms with Crippen molar-refractivity contribution in [1.82, 2.24) is 10.6 Å². The Kier molecular flexibility index (Phi) is 10.5. The van der Waals surface area contributed by atoms with Gasteiger partial charge in [-0.3, -0.25) is 4.99 Å². The Labute approximate surface area is 175 Å². The highest BCUT2D eigenvalue weighted by Crippen LogP contribution is 2.12. The van der Waals surface area contributed by atoms with Crippen molar-refractivity contribution in [3.8, 4) is 0 Å². The smallest absolute Gasteiger partial charge is 0.191 e. The molecule has 0 bridgehead atoms. The molecule has 0 aliphatic carbocycles. The van der Waals surface area contributed by atoms with Crippen molar-refractivity contribution in [2.24, 2.45) is 4.99 Å². The van der Waals surface area contributed by atoms with Crippen LogP contribution in [0, 0.1) is 0 Å². The summed E-state index contributed by atoms with van der Waals surface area (Å²) in [5.74, 6) is 0.829. The van der Waals surface area contributed by atoms with Crippen LogP contribution in [0.5, 0.6) is 0 Å². The molecule has 6 nitrogen and oxygen atoms in total. The van der Waals surface area contributed by atoms with Gasteiger partial charge in [0.25, 0.3) is 0 Å². The fourth-order valence-electron chi connectivity index (χ4n) is 3.03. The average molecular weight is 398 g/mol. The van der Waals surface area contributed by atoms with Gasteiger partial charge in [-0.15, -0.1) is 0 Å². The van der Waals surface area contributed by atoms with Gasteiger partial charge in [0.1, 0.15) is 0 Å². The number of para-hydroxylation sites is 1. The Balaban J connectivity index is 1.68. The molecule has 0 fully saturated rings. The van der Waals surface area contributed by atoms with Gasteiger partial charge in [0.15, 0.2) is 5.96 Å². The number of hydrogen-bond donors (Lipinski definition) is 3. The molecule has 0 aromatic heterocycles. The van der Waals surface area contributed by atoms with Crippen molar-refractivity contribution < 1.29 is 4.74 Å². The topological polar surface area (TPSA) is 60.9 Å². The summed E-state index contributed by atoms with van der Waals surface area (Å²) < 4.78 is 5.05. The third-order valence-electron chi connectivity index (χ3n) is 4.67. The highest BCUT2D eigenvalue weighted by Gasteiger charge is 2.04. The molecule has 2 aromatic carbocycles. The molecule has 29 heavy (non-hydrogen) atoms. The maximum Gasteiger partial charge on any atom is 0.191 e. The monoisotopic (exact) mass is 397 g/mol. The van der Waals surface area contributed by atoms with Gasteiger partial charge in [-0.2, -0.15) is 0 Å². The summed E-state index contributed by atoms with van der Waals surface area (Å²) in [6, 6.07) is 19.0. The lowest BCUT2D eigenvalue weighted by molar-refractivity contribution is 0.211. The van der Waals surface area contributed by atoms with Crippen molar-refractivity contribution in [2.75, 3.05) is 57.2 Å². The molecule has 158 valence electrons. The summed E-state index contributed by atoms with van der Waals surface area (Å²) in [5, 5.41) is 10.1. The summed E-state index contributed by atoms with van der Waals surface area (Å²) in [7, 11) is 3.51. The van der Waals surface area contributed by atoms with Crippen molar-refractivity contribution in [2.45, 2.75) is 19.9 Å². The molecular weight excluding hydrogens is 362 g/mol. The van der Waals surface area contributed by atoms with Gasteiger partial charge in [0.2, 0.25) is 0 Å². The van der Waals surface area contributed by atoms with E-state index in [9.17, 15) is 0 Å². The molecule has 2 aromatic rings. The molecular formula is C23H35N5O. The van der Waals surface area contributed by atoms with Crippen LogP contribution in [-0.4, -0.2) is 52.9 Å². The molecule has 6 heteroatoms. The number of methoxy groups -OCH3 is 1. The zero-order valence-electron chi connectivity index (χ0n) is 17.9. The van der Waals surface area contributed by atoms with Crippen LogP contribution < -0.4 is 20.9 Å². The third-order valence-corrected chi connectivity index (χ3v) is 4.67. The minimum atomic E-state index is 0.701. The number of nitrogens with zero attached hydrogens (tertiary/aromatic N) is 2. The molecule has 0 aliphatic rings. The van der Waals surface area contributed by atoms with Gasteiger partial charge in [0, 0.05) is 58.3 Å². The molecule has 0 radical (unpaired) electrons. The number of hydrogen-bond acceptors (Lipinski definition) is 4. The first-order valence-corrected chi connectivity index (χ1v) is 10.3. The van der Waals surface area contributed by atoms with E-state index in [0.717, 1.165) is 50.8 Å². The van der Waals surface area contributed by atoms with E-state index in [2.05, 4.69) is 87.4 Å². The first-order chi connectivity index (χ1) is 14.3. The zero-order valence-corrected chi connectivity index (χ0v) is 17.9. The maximum absolute atomic E-state index is 5.05. The van der Waals surface area contributed by atoms with E-state index in [1.807, 2.05) is 0 Å². The highest BCUT2D eigenvalue weighted by atomic mass is 16.5. The van der Waals surface area contributed by atoms with Gasteiger partial charge in [-0.25, -0.2) is 0 Å². The Bertz CT molecular complexity index is 703. The predicted molar refractivity (Wildman–Crippen MR) is 124 cm³/mol. The Morgan fingerprint density at radius 3 is 2.41 bits per heavy atom. The number of guanidine groups is 1. The van der Waals surface area contributed by atoms with Crippen molar-refractivity contribution in [1.29, 1.82) is 0 Å². The lowest BCUT2D eigenvalue weighted by atomic mass is 10.2. The van der Waals surface area contributed by atoms with Crippen molar-refractivity contribution in [3.05, 3.63) is 60.2 Å². The van der Waals surface area contributed by atoms with E-state index >= 15 is 0 Å². The van der Waals surface area contributed by atoms with Gasteiger partial charge < -0.3 is 25.6 Å². The summed E-state index contributed by atoms with van der Waals surface area (Å²) >= 11 is 0. The second-order valence-corrected chi connectivity index (χ2v) is 6.74. The SMILES string of the molecule is CCN(CCCNC(=NC)NCc1ccc(NCCOC)cc1)c1ccccc1. The standard InChI is InChI=1S/C23H35N5O/c1-4-28(22-9-6-5-7-10-22)17-8-15-26-23(24-2)27-19-20-11-13-21(14-12-20)25-16-18-29-3/h5-7,9-14,25H,4,8,15-19H2,1-3H3,(H2,24,26,27). The summed E-state index contributed by atoms with van der Waals surface area (Å²) in [5.41, 5.74) is 3.59. The van der Waals surface area contributed by atoms with Crippen LogP contribution in [0.25, 0.3) is 0 Å². The zero-order chi connectivity index (χ0) is 20.7. The molecule has 0 aliphatic heterocycles. The average Bonchev–Trinajstić information content (AvgIpc) is 2.77. The van der Waals surface area contributed by atoms with E-state index in [1.54, 1.807) is 14.2 Å². The van der Waals surface area contributed by atoms with Gasteiger partial charge in [-0.05, 0) is 43.2 Å². The fourth-order valence-corrected chi connectivity index (χ4v) is 3.03. The highest BCUT2D eigenvalue weighted by molar-refractivity contribution is 5.79. The van der Waals surface area contributed by atoms with E-state index in [4.69, 9.17) is 4.74 Å². The van der Waals surface area contributed by atoms with Crippen LogP contribution in [0.4, 0.5) is 11.4 Å². The van der Waals surface area contributed by atoms with Gasteiger partial charge in [-0.1, -0.05) is 30.3 Å². The molecule has 0 heterocycles. The van der Waals surface area contributed by atoms with E-state index in [1.165, 1.54) is 11.3 Å². The second kappa shape index (κ2) is 13.4. The quantitative estimate of drug-likeness (QED) is 0.291. The number of rotatable bonds is 12. The number of ether oxygens (including phenoxy) is 1. The van der Waals surface area contributed by atoms with E-state index in [-0.39, 0.29) is 0 Å². The van der Waals surface area contributed by atoms with Gasteiger partial charge >= 0.3 is 0 Å². The minimum Gasteiger partial charge on any atom is -0.383 e. The van der Waals surface area contributed by atoms with E-state index < -0.39 is 0 Å². The number of benzene rings is 2. The largest absolute Gasteiger partial charge is 0.383 e. The molecule has 0 unspecified atom stereocenters. The van der Waals surface area contributed by atoms with Crippen molar-refractivity contribution in [3.63, 3.8) is 0 Å². The summed E-state index contributed by atoms with van der Waals surface area (Å²) in [6.45, 7) is 7.35. The normalized spacial score (nSPS) is 11.2. The lowest BCUT2D eigenvalue weighted by Crippen LogP contribution is -2.38. The lowest BCUT2D eigenvalue weighted by Gasteiger charge is -2.23. The maximum atomic E-state index is 5.05. The van der Waals surface area contributed by atoms with Gasteiger partial charge in [0.05, 0.1) is 6.61 Å². The summed E-state index contributed by atoms with van der Waals surface area (Å²) in [6.07, 6.45) is 1.05. The molecule has 2 rings (SSSR count). The van der Waals surface area contributed by atoms with Crippen LogP contribution in [0.15, 0.2) is 59.6 Å². The minimum absolute atomic E-state index is 0.701. The Morgan fingerprint density at radius 2 is 1.76 bits per heavy atom. The Morgan fingerprint density at radius 1 is 1.00 bits per heavy atom.